The summed E-state index contributed by atoms with van der Waals surface area (Å²) in [4.78, 5) is 13.2. The quantitative estimate of drug-likeness (QED) is 0.851. The van der Waals surface area contributed by atoms with E-state index in [-0.39, 0.29) is 11.3 Å². The van der Waals surface area contributed by atoms with Crippen molar-refractivity contribution in [2.45, 2.75) is 11.9 Å². The van der Waals surface area contributed by atoms with Crippen LogP contribution in [0.3, 0.4) is 0 Å². The molecule has 0 saturated carbocycles. The van der Waals surface area contributed by atoms with Crippen molar-refractivity contribution in [3.8, 4) is 0 Å². The van der Waals surface area contributed by atoms with Crippen molar-refractivity contribution in [2.75, 3.05) is 12.8 Å². The predicted molar refractivity (Wildman–Crippen MR) is 73.5 cm³/mol. The third kappa shape index (κ3) is 2.49. The number of hydrogen-bond acceptors (Lipinski definition) is 4. The van der Waals surface area contributed by atoms with Gasteiger partial charge in [-0.05, 0) is 5.56 Å². The Labute approximate surface area is 115 Å². The Morgan fingerprint density at radius 3 is 2.84 bits per heavy atom. The highest BCUT2D eigenvalue weighted by Crippen LogP contribution is 2.35. The average Bonchev–Trinajstić information content (AvgIpc) is 3.00. The van der Waals surface area contributed by atoms with Gasteiger partial charge >= 0.3 is 0 Å². The topological polar surface area (TPSA) is 51.0 Å². The smallest absolute Gasteiger partial charge is 0.233 e. The first-order valence-electron chi connectivity index (χ1n) is 6.05. The SMILES string of the molecule is CN1C(=O)CSC1c1cn(Cc2ccccc2)nn1. The number of rotatable bonds is 3. The first-order chi connectivity index (χ1) is 9.24. The molecule has 1 unspecified atom stereocenters. The number of thioether (sulfide) groups is 1. The summed E-state index contributed by atoms with van der Waals surface area (Å²) in [6.45, 7) is 0.697. The fraction of sp³-hybridized carbons (Fsp3) is 0.308. The molecule has 6 heteroatoms. The number of carbonyl (C=O) groups excluding carboxylic acids is 1. The second kappa shape index (κ2) is 5.05. The highest BCUT2D eigenvalue weighted by molar-refractivity contribution is 8.00. The fourth-order valence-corrected chi connectivity index (χ4v) is 3.18. The van der Waals surface area contributed by atoms with Gasteiger partial charge < -0.3 is 4.90 Å². The van der Waals surface area contributed by atoms with Crippen LogP contribution in [0.1, 0.15) is 16.6 Å². The number of carbonyl (C=O) groups is 1. The molecule has 0 spiro atoms. The maximum Gasteiger partial charge on any atom is 0.233 e. The van der Waals surface area contributed by atoms with E-state index in [1.165, 1.54) is 5.56 Å². The molecule has 98 valence electrons. The lowest BCUT2D eigenvalue weighted by Gasteiger charge is -2.15. The number of benzene rings is 1. The van der Waals surface area contributed by atoms with Crippen molar-refractivity contribution in [3.05, 3.63) is 47.8 Å². The maximum absolute atomic E-state index is 11.5. The average molecular weight is 274 g/mol. The van der Waals surface area contributed by atoms with E-state index in [2.05, 4.69) is 22.4 Å². The molecule has 0 N–H and O–H groups in total. The number of aromatic nitrogens is 3. The second-order valence-corrected chi connectivity index (χ2v) is 5.56. The minimum absolute atomic E-state index is 0.00276. The molecule has 2 heterocycles. The van der Waals surface area contributed by atoms with E-state index in [1.54, 1.807) is 16.7 Å². The predicted octanol–water partition coefficient (Wildman–Crippen LogP) is 1.53. The first-order valence-corrected chi connectivity index (χ1v) is 7.10. The van der Waals surface area contributed by atoms with E-state index >= 15 is 0 Å². The van der Waals surface area contributed by atoms with Crippen LogP contribution in [0.5, 0.6) is 0 Å². The standard InChI is InChI=1S/C13H14N4OS/c1-16-12(18)9-19-13(16)11-8-17(15-14-11)7-10-5-3-2-4-6-10/h2-6,8,13H,7,9H2,1H3. The van der Waals surface area contributed by atoms with Gasteiger partial charge in [0.15, 0.2) is 0 Å². The molecule has 1 saturated heterocycles. The lowest BCUT2D eigenvalue weighted by atomic mass is 10.2. The van der Waals surface area contributed by atoms with Crippen molar-refractivity contribution in [2.24, 2.45) is 0 Å². The van der Waals surface area contributed by atoms with Crippen molar-refractivity contribution in [3.63, 3.8) is 0 Å². The highest BCUT2D eigenvalue weighted by Gasteiger charge is 2.31. The fourth-order valence-electron chi connectivity index (χ4n) is 2.05. The molecule has 0 radical (unpaired) electrons. The van der Waals surface area contributed by atoms with E-state index in [9.17, 15) is 4.79 Å². The normalized spacial score (nSPS) is 19.1. The Morgan fingerprint density at radius 2 is 2.16 bits per heavy atom. The van der Waals surface area contributed by atoms with Crippen molar-refractivity contribution in [1.29, 1.82) is 0 Å². The molecule has 1 aliphatic rings. The molecule has 0 bridgehead atoms. The van der Waals surface area contributed by atoms with Crippen LogP contribution < -0.4 is 0 Å². The molecule has 2 aromatic rings. The van der Waals surface area contributed by atoms with Gasteiger partial charge in [0.25, 0.3) is 0 Å². The minimum Gasteiger partial charge on any atom is -0.327 e. The molecule has 0 aliphatic carbocycles. The second-order valence-electron chi connectivity index (χ2n) is 4.49. The summed E-state index contributed by atoms with van der Waals surface area (Å²) in [5.74, 6) is 0.666. The molecule has 1 fully saturated rings. The molecule has 1 aromatic heterocycles. The van der Waals surface area contributed by atoms with E-state index in [1.807, 2.05) is 36.1 Å². The third-order valence-electron chi connectivity index (χ3n) is 3.11. The molecule has 1 amide bonds. The summed E-state index contributed by atoms with van der Waals surface area (Å²) in [7, 11) is 1.81. The lowest BCUT2D eigenvalue weighted by molar-refractivity contribution is -0.126. The van der Waals surface area contributed by atoms with Crippen LogP contribution >= 0.6 is 11.8 Å². The molecular weight excluding hydrogens is 260 g/mol. The summed E-state index contributed by atoms with van der Waals surface area (Å²) in [5, 5.41) is 8.31. The van der Waals surface area contributed by atoms with Crippen LogP contribution in [0.4, 0.5) is 0 Å². The summed E-state index contributed by atoms with van der Waals surface area (Å²) in [6, 6.07) is 10.1. The van der Waals surface area contributed by atoms with Crippen molar-refractivity contribution in [1.82, 2.24) is 19.9 Å². The highest BCUT2D eigenvalue weighted by atomic mass is 32.2. The van der Waals surface area contributed by atoms with Gasteiger partial charge in [0, 0.05) is 7.05 Å². The summed E-state index contributed by atoms with van der Waals surface area (Å²) in [5.41, 5.74) is 2.02. The van der Waals surface area contributed by atoms with Crippen molar-refractivity contribution < 1.29 is 4.79 Å². The Hall–Kier alpha value is -1.82. The van der Waals surface area contributed by atoms with Gasteiger partial charge in [-0.1, -0.05) is 35.5 Å². The Morgan fingerprint density at radius 1 is 1.37 bits per heavy atom. The lowest BCUT2D eigenvalue weighted by Crippen LogP contribution is -2.23. The van der Waals surface area contributed by atoms with Gasteiger partial charge in [-0.2, -0.15) is 0 Å². The van der Waals surface area contributed by atoms with Crippen LogP contribution in [0.15, 0.2) is 36.5 Å². The molecule has 19 heavy (non-hydrogen) atoms. The first kappa shape index (κ1) is 12.2. The van der Waals surface area contributed by atoms with Crippen LogP contribution in [0.25, 0.3) is 0 Å². The molecule has 1 aliphatic heterocycles. The van der Waals surface area contributed by atoms with Gasteiger partial charge in [0.05, 0.1) is 18.5 Å². The number of hydrogen-bond donors (Lipinski definition) is 0. The summed E-state index contributed by atoms with van der Waals surface area (Å²) < 4.78 is 1.81. The van der Waals surface area contributed by atoms with Crippen molar-refractivity contribution >= 4 is 17.7 Å². The Balaban J connectivity index is 1.75. The monoisotopic (exact) mass is 274 g/mol. The van der Waals surface area contributed by atoms with E-state index in [4.69, 9.17) is 0 Å². The minimum atomic E-state index is -0.00276. The Bertz CT molecular complexity index is 583. The van der Waals surface area contributed by atoms with Gasteiger partial charge in [0.2, 0.25) is 5.91 Å². The molecule has 3 rings (SSSR count). The zero-order valence-corrected chi connectivity index (χ0v) is 11.4. The van der Waals surface area contributed by atoms with Gasteiger partial charge in [-0.25, -0.2) is 4.68 Å². The third-order valence-corrected chi connectivity index (χ3v) is 4.39. The van der Waals surface area contributed by atoms with E-state index < -0.39 is 0 Å². The number of nitrogens with zero attached hydrogens (tertiary/aromatic N) is 4. The van der Waals surface area contributed by atoms with Crippen LogP contribution in [0.2, 0.25) is 0 Å². The van der Waals surface area contributed by atoms with E-state index in [0.717, 1.165) is 5.69 Å². The van der Waals surface area contributed by atoms with Gasteiger partial charge in [0.1, 0.15) is 11.1 Å². The summed E-state index contributed by atoms with van der Waals surface area (Å²) >= 11 is 1.59. The van der Waals surface area contributed by atoms with E-state index in [0.29, 0.717) is 12.3 Å². The van der Waals surface area contributed by atoms with Crippen LogP contribution in [0, 0.1) is 0 Å². The largest absolute Gasteiger partial charge is 0.327 e. The zero-order valence-electron chi connectivity index (χ0n) is 10.6. The van der Waals surface area contributed by atoms with Crippen LogP contribution in [-0.4, -0.2) is 38.6 Å². The molecule has 1 aromatic carbocycles. The summed E-state index contributed by atoms with van der Waals surface area (Å²) in [6.07, 6.45) is 1.92. The molecule has 5 nitrogen and oxygen atoms in total. The zero-order chi connectivity index (χ0) is 13.2. The van der Waals surface area contributed by atoms with Crippen LogP contribution in [-0.2, 0) is 11.3 Å². The molecular formula is C13H14N4OS. The van der Waals surface area contributed by atoms with Gasteiger partial charge in [-0.3, -0.25) is 4.79 Å². The van der Waals surface area contributed by atoms with Gasteiger partial charge in [-0.15, -0.1) is 16.9 Å². The number of amides is 1. The molecule has 1 atom stereocenters. The maximum atomic E-state index is 11.5. The Kier molecular flexibility index (Phi) is 3.25.